The van der Waals surface area contributed by atoms with Gasteiger partial charge in [0.1, 0.15) is 5.60 Å². The van der Waals surface area contributed by atoms with Crippen LogP contribution in [0.2, 0.25) is 0 Å². The van der Waals surface area contributed by atoms with E-state index in [1.165, 1.54) is 6.42 Å². The molecular weight excluding hydrogens is 228 g/mol. The highest BCUT2D eigenvalue weighted by atomic mass is 16.5. The van der Waals surface area contributed by atoms with Crippen molar-refractivity contribution in [2.45, 2.75) is 45.1 Å². The minimum Gasteiger partial charge on any atom is -0.367 e. The van der Waals surface area contributed by atoms with E-state index in [-0.39, 0.29) is 5.60 Å². The van der Waals surface area contributed by atoms with Crippen molar-refractivity contribution in [3.8, 4) is 0 Å². The topological polar surface area (TPSA) is 52.1 Å². The first-order valence-corrected chi connectivity index (χ1v) is 6.62. The van der Waals surface area contributed by atoms with Crippen LogP contribution in [0.4, 0.5) is 0 Å². The van der Waals surface area contributed by atoms with Crippen LogP contribution in [0, 0.1) is 5.92 Å². The van der Waals surface area contributed by atoms with Gasteiger partial charge in [-0.3, -0.25) is 4.79 Å². The SMILES string of the molecule is CCOC1(c2ncc(C=O)cn2)CCCC(C)C1. The predicted molar refractivity (Wildman–Crippen MR) is 68.4 cm³/mol. The van der Waals surface area contributed by atoms with Crippen LogP contribution < -0.4 is 0 Å². The molecular formula is C14H20N2O2. The lowest BCUT2D eigenvalue weighted by Crippen LogP contribution is -2.37. The fourth-order valence-corrected chi connectivity index (χ4v) is 2.81. The lowest BCUT2D eigenvalue weighted by molar-refractivity contribution is -0.0881. The Balaban J connectivity index is 2.29. The maximum atomic E-state index is 10.6. The molecule has 4 heteroatoms. The monoisotopic (exact) mass is 248 g/mol. The maximum Gasteiger partial charge on any atom is 0.160 e. The van der Waals surface area contributed by atoms with Gasteiger partial charge in [-0.2, -0.15) is 0 Å². The summed E-state index contributed by atoms with van der Waals surface area (Å²) in [6, 6.07) is 0. The first-order valence-electron chi connectivity index (χ1n) is 6.62. The summed E-state index contributed by atoms with van der Waals surface area (Å²) in [6.07, 6.45) is 8.22. The normalized spacial score (nSPS) is 28.0. The smallest absolute Gasteiger partial charge is 0.160 e. The Morgan fingerprint density at radius 3 is 2.78 bits per heavy atom. The van der Waals surface area contributed by atoms with Crippen LogP contribution in [0.3, 0.4) is 0 Å². The van der Waals surface area contributed by atoms with Crippen molar-refractivity contribution >= 4 is 6.29 Å². The summed E-state index contributed by atoms with van der Waals surface area (Å²) in [6.45, 7) is 4.90. The van der Waals surface area contributed by atoms with Crippen molar-refractivity contribution in [3.05, 3.63) is 23.8 Å². The van der Waals surface area contributed by atoms with E-state index in [0.29, 0.717) is 18.1 Å². The van der Waals surface area contributed by atoms with Crippen LogP contribution in [0.5, 0.6) is 0 Å². The molecule has 1 aliphatic carbocycles. The first kappa shape index (κ1) is 13.1. The molecule has 18 heavy (non-hydrogen) atoms. The molecule has 0 radical (unpaired) electrons. The quantitative estimate of drug-likeness (QED) is 0.769. The Morgan fingerprint density at radius 2 is 2.22 bits per heavy atom. The van der Waals surface area contributed by atoms with Crippen LogP contribution in [0.15, 0.2) is 12.4 Å². The molecule has 0 aromatic carbocycles. The van der Waals surface area contributed by atoms with Crippen LogP contribution in [0.25, 0.3) is 0 Å². The van der Waals surface area contributed by atoms with Gasteiger partial charge >= 0.3 is 0 Å². The van der Waals surface area contributed by atoms with Gasteiger partial charge in [0.15, 0.2) is 12.1 Å². The third-order valence-electron chi connectivity index (χ3n) is 3.59. The predicted octanol–water partition coefficient (Wildman–Crippen LogP) is 2.73. The lowest BCUT2D eigenvalue weighted by Gasteiger charge is -2.38. The summed E-state index contributed by atoms with van der Waals surface area (Å²) < 4.78 is 5.99. The Labute approximate surface area is 108 Å². The average molecular weight is 248 g/mol. The van der Waals surface area contributed by atoms with Gasteiger partial charge in [0.05, 0.1) is 5.56 Å². The molecule has 4 nitrogen and oxygen atoms in total. The third-order valence-corrected chi connectivity index (χ3v) is 3.59. The van der Waals surface area contributed by atoms with E-state index < -0.39 is 0 Å². The molecule has 0 amide bonds. The zero-order chi connectivity index (χ0) is 13.0. The van der Waals surface area contributed by atoms with Crippen molar-refractivity contribution in [2.24, 2.45) is 5.92 Å². The molecule has 1 aromatic rings. The van der Waals surface area contributed by atoms with Gasteiger partial charge in [0.2, 0.25) is 0 Å². The van der Waals surface area contributed by atoms with Crippen molar-refractivity contribution in [1.82, 2.24) is 9.97 Å². The summed E-state index contributed by atoms with van der Waals surface area (Å²) in [5.74, 6) is 1.35. The van der Waals surface area contributed by atoms with Crippen LogP contribution in [0.1, 0.15) is 55.7 Å². The molecule has 0 spiro atoms. The Morgan fingerprint density at radius 1 is 1.50 bits per heavy atom. The number of ether oxygens (including phenoxy) is 1. The zero-order valence-electron chi connectivity index (χ0n) is 11.1. The largest absolute Gasteiger partial charge is 0.367 e. The van der Waals surface area contributed by atoms with Gasteiger partial charge in [-0.05, 0) is 32.1 Å². The second-order valence-electron chi connectivity index (χ2n) is 5.09. The molecule has 1 aromatic heterocycles. The zero-order valence-corrected chi connectivity index (χ0v) is 11.1. The highest BCUT2D eigenvalue weighted by molar-refractivity contribution is 5.73. The minimum absolute atomic E-state index is 0.353. The summed E-state index contributed by atoms with van der Waals surface area (Å²) in [7, 11) is 0. The Hall–Kier alpha value is -1.29. The highest BCUT2D eigenvalue weighted by Gasteiger charge is 2.39. The summed E-state index contributed by atoms with van der Waals surface area (Å²) in [4.78, 5) is 19.3. The molecule has 1 heterocycles. The number of hydrogen-bond donors (Lipinski definition) is 0. The van der Waals surface area contributed by atoms with Crippen LogP contribution in [-0.4, -0.2) is 22.9 Å². The second kappa shape index (κ2) is 5.57. The van der Waals surface area contributed by atoms with Crippen molar-refractivity contribution < 1.29 is 9.53 Å². The number of aromatic nitrogens is 2. The second-order valence-corrected chi connectivity index (χ2v) is 5.09. The number of hydrogen-bond acceptors (Lipinski definition) is 4. The third kappa shape index (κ3) is 2.58. The molecule has 0 N–H and O–H groups in total. The van der Waals surface area contributed by atoms with Crippen LogP contribution >= 0.6 is 0 Å². The molecule has 0 aliphatic heterocycles. The fraction of sp³-hybridized carbons (Fsp3) is 0.643. The number of carbonyl (C=O) groups excluding carboxylic acids is 1. The average Bonchev–Trinajstić information content (AvgIpc) is 2.39. The van der Waals surface area contributed by atoms with Gasteiger partial charge in [0.25, 0.3) is 0 Å². The number of carbonyl (C=O) groups is 1. The van der Waals surface area contributed by atoms with Crippen molar-refractivity contribution in [2.75, 3.05) is 6.61 Å². The molecule has 1 fully saturated rings. The molecule has 1 saturated carbocycles. The Bertz CT molecular complexity index is 401. The summed E-state index contributed by atoms with van der Waals surface area (Å²) in [5.41, 5.74) is 0.155. The van der Waals surface area contributed by atoms with E-state index in [0.717, 1.165) is 31.4 Å². The highest BCUT2D eigenvalue weighted by Crippen LogP contribution is 2.41. The van der Waals surface area contributed by atoms with Gasteiger partial charge < -0.3 is 4.74 Å². The minimum atomic E-state index is -0.353. The fourth-order valence-electron chi connectivity index (χ4n) is 2.81. The van der Waals surface area contributed by atoms with Crippen molar-refractivity contribution in [3.63, 3.8) is 0 Å². The van der Waals surface area contributed by atoms with Gasteiger partial charge in [-0.1, -0.05) is 13.3 Å². The summed E-state index contributed by atoms with van der Waals surface area (Å²) in [5, 5.41) is 0. The number of rotatable bonds is 4. The van der Waals surface area contributed by atoms with E-state index in [2.05, 4.69) is 16.9 Å². The maximum absolute atomic E-state index is 10.6. The van der Waals surface area contributed by atoms with Crippen molar-refractivity contribution in [1.29, 1.82) is 0 Å². The Kier molecular flexibility index (Phi) is 4.07. The molecule has 2 rings (SSSR count). The number of nitrogens with zero attached hydrogens (tertiary/aromatic N) is 2. The van der Waals surface area contributed by atoms with Gasteiger partial charge in [0, 0.05) is 19.0 Å². The van der Waals surface area contributed by atoms with Gasteiger partial charge in [-0.25, -0.2) is 9.97 Å². The lowest BCUT2D eigenvalue weighted by atomic mass is 9.78. The standard InChI is InChI=1S/C14H20N2O2/c1-3-18-14(6-4-5-11(2)7-14)13-15-8-12(10-17)9-16-13/h8-11H,3-7H2,1-2H3. The molecule has 0 saturated heterocycles. The molecule has 98 valence electrons. The van der Waals surface area contributed by atoms with E-state index in [9.17, 15) is 4.79 Å². The van der Waals surface area contributed by atoms with Gasteiger partial charge in [-0.15, -0.1) is 0 Å². The van der Waals surface area contributed by atoms with E-state index in [4.69, 9.17) is 4.74 Å². The number of aldehydes is 1. The van der Waals surface area contributed by atoms with E-state index >= 15 is 0 Å². The summed E-state index contributed by atoms with van der Waals surface area (Å²) >= 11 is 0. The van der Waals surface area contributed by atoms with E-state index in [1.807, 2.05) is 6.92 Å². The van der Waals surface area contributed by atoms with E-state index in [1.54, 1.807) is 12.4 Å². The van der Waals surface area contributed by atoms with Crippen LogP contribution in [-0.2, 0) is 10.3 Å². The molecule has 2 atom stereocenters. The first-order chi connectivity index (χ1) is 8.70. The molecule has 2 unspecified atom stereocenters. The molecule has 0 bridgehead atoms. The molecule has 1 aliphatic rings.